The van der Waals surface area contributed by atoms with E-state index >= 15 is 0 Å². The molecule has 0 heterocycles. The van der Waals surface area contributed by atoms with E-state index in [1.165, 1.54) is 0 Å². The summed E-state index contributed by atoms with van der Waals surface area (Å²) in [4.78, 5) is 0. The van der Waals surface area contributed by atoms with Gasteiger partial charge in [-0.25, -0.2) is 0 Å². The van der Waals surface area contributed by atoms with Crippen molar-refractivity contribution >= 4 is 15.9 Å². The molecule has 0 spiro atoms. The summed E-state index contributed by atoms with van der Waals surface area (Å²) >= 11 is 3.33. The predicted molar refractivity (Wildman–Crippen MR) is 57.3 cm³/mol. The van der Waals surface area contributed by atoms with Gasteiger partial charge in [-0.05, 0) is 19.1 Å². The summed E-state index contributed by atoms with van der Waals surface area (Å²) < 4.78 is 11.0. The molecule has 1 atom stereocenters. The molecule has 0 aliphatic heterocycles. The molecule has 0 radical (unpaired) electrons. The molecule has 0 bridgehead atoms. The lowest BCUT2D eigenvalue weighted by Crippen LogP contribution is -2.03. The number of ether oxygens (including phenoxy) is 2. The van der Waals surface area contributed by atoms with E-state index in [0.29, 0.717) is 5.75 Å². The second-order valence-electron chi connectivity index (χ2n) is 2.91. The van der Waals surface area contributed by atoms with Crippen LogP contribution in [0.5, 0.6) is 5.75 Å². The minimum atomic E-state index is -0.546. The van der Waals surface area contributed by atoms with Crippen LogP contribution in [0.4, 0.5) is 0 Å². The lowest BCUT2D eigenvalue weighted by Gasteiger charge is -2.12. The monoisotopic (exact) mass is 260 g/mol. The van der Waals surface area contributed by atoms with E-state index in [9.17, 15) is 5.11 Å². The third kappa shape index (κ3) is 2.97. The summed E-state index contributed by atoms with van der Waals surface area (Å²) in [5.74, 6) is 0.635. The number of hydrogen-bond acceptors (Lipinski definition) is 3. The van der Waals surface area contributed by atoms with Crippen LogP contribution in [0, 0.1) is 0 Å². The molecule has 0 aromatic heterocycles. The van der Waals surface area contributed by atoms with Crippen molar-refractivity contribution in [3.05, 3.63) is 28.2 Å². The van der Waals surface area contributed by atoms with Crippen molar-refractivity contribution < 1.29 is 14.6 Å². The van der Waals surface area contributed by atoms with Crippen molar-refractivity contribution in [2.75, 3.05) is 13.9 Å². The van der Waals surface area contributed by atoms with Crippen LogP contribution in [-0.4, -0.2) is 19.0 Å². The maximum atomic E-state index is 9.46. The van der Waals surface area contributed by atoms with E-state index in [0.717, 1.165) is 10.0 Å². The highest BCUT2D eigenvalue weighted by Crippen LogP contribution is 2.28. The third-order valence-electron chi connectivity index (χ3n) is 1.76. The minimum absolute atomic E-state index is 0.177. The van der Waals surface area contributed by atoms with Crippen LogP contribution in [0.25, 0.3) is 0 Å². The Hall–Kier alpha value is -0.580. The molecule has 3 nitrogen and oxygen atoms in total. The van der Waals surface area contributed by atoms with Crippen molar-refractivity contribution in [3.63, 3.8) is 0 Å². The fourth-order valence-electron chi connectivity index (χ4n) is 1.10. The molecule has 1 aromatic carbocycles. The van der Waals surface area contributed by atoms with Crippen LogP contribution in [0.3, 0.4) is 0 Å². The second-order valence-corrected chi connectivity index (χ2v) is 3.82. The molecule has 0 fully saturated rings. The first-order chi connectivity index (χ1) is 6.65. The Balaban J connectivity index is 2.91. The highest BCUT2D eigenvalue weighted by molar-refractivity contribution is 9.10. The van der Waals surface area contributed by atoms with Crippen LogP contribution in [0.1, 0.15) is 18.6 Å². The molecule has 0 saturated heterocycles. The minimum Gasteiger partial charge on any atom is -0.467 e. The van der Waals surface area contributed by atoms with E-state index in [-0.39, 0.29) is 6.79 Å². The van der Waals surface area contributed by atoms with Crippen molar-refractivity contribution in [1.29, 1.82) is 0 Å². The molecular formula is C10H13BrO3. The molecular weight excluding hydrogens is 248 g/mol. The standard InChI is InChI=1S/C10H13BrO3/c1-7(12)9-4-3-8(11)5-10(9)14-6-13-2/h3-5,7,12H,6H2,1-2H3/t7-/m0/s1. The number of benzene rings is 1. The zero-order chi connectivity index (χ0) is 10.6. The Morgan fingerprint density at radius 2 is 2.21 bits per heavy atom. The molecule has 0 aliphatic carbocycles. The van der Waals surface area contributed by atoms with Crippen LogP contribution in [0.15, 0.2) is 22.7 Å². The van der Waals surface area contributed by atoms with Crippen molar-refractivity contribution in [1.82, 2.24) is 0 Å². The average Bonchev–Trinajstić information content (AvgIpc) is 2.14. The van der Waals surface area contributed by atoms with Crippen LogP contribution in [0.2, 0.25) is 0 Å². The first-order valence-corrected chi connectivity index (χ1v) is 5.03. The normalized spacial score (nSPS) is 12.6. The van der Waals surface area contributed by atoms with Gasteiger partial charge in [0.15, 0.2) is 6.79 Å². The molecule has 14 heavy (non-hydrogen) atoms. The van der Waals surface area contributed by atoms with E-state index in [2.05, 4.69) is 15.9 Å². The van der Waals surface area contributed by atoms with Gasteiger partial charge in [-0.1, -0.05) is 22.0 Å². The number of aliphatic hydroxyl groups is 1. The maximum Gasteiger partial charge on any atom is 0.188 e. The zero-order valence-corrected chi connectivity index (χ0v) is 9.74. The zero-order valence-electron chi connectivity index (χ0n) is 8.16. The smallest absolute Gasteiger partial charge is 0.188 e. The van der Waals surface area contributed by atoms with E-state index in [1.54, 1.807) is 20.1 Å². The first kappa shape index (κ1) is 11.5. The largest absolute Gasteiger partial charge is 0.467 e. The number of halogens is 1. The Morgan fingerprint density at radius 1 is 1.50 bits per heavy atom. The fourth-order valence-corrected chi connectivity index (χ4v) is 1.44. The van der Waals surface area contributed by atoms with Crippen LogP contribution >= 0.6 is 15.9 Å². The summed E-state index contributed by atoms with van der Waals surface area (Å²) in [5, 5.41) is 9.46. The van der Waals surface area contributed by atoms with Gasteiger partial charge in [0.25, 0.3) is 0 Å². The quantitative estimate of drug-likeness (QED) is 0.846. The van der Waals surface area contributed by atoms with E-state index in [1.807, 2.05) is 12.1 Å². The van der Waals surface area contributed by atoms with Gasteiger partial charge in [0.05, 0.1) is 6.10 Å². The molecule has 0 saturated carbocycles. The molecule has 1 aromatic rings. The third-order valence-corrected chi connectivity index (χ3v) is 2.25. The summed E-state index contributed by atoms with van der Waals surface area (Å²) in [5.41, 5.74) is 0.755. The van der Waals surface area contributed by atoms with Crippen molar-refractivity contribution in [2.45, 2.75) is 13.0 Å². The van der Waals surface area contributed by atoms with Gasteiger partial charge in [0.1, 0.15) is 5.75 Å². The number of aliphatic hydroxyl groups excluding tert-OH is 1. The van der Waals surface area contributed by atoms with Crippen molar-refractivity contribution in [3.8, 4) is 5.75 Å². The SMILES string of the molecule is COCOc1cc(Br)ccc1[C@H](C)O. The van der Waals surface area contributed by atoms with E-state index in [4.69, 9.17) is 9.47 Å². The number of hydrogen-bond donors (Lipinski definition) is 1. The Morgan fingerprint density at radius 3 is 2.79 bits per heavy atom. The van der Waals surface area contributed by atoms with Gasteiger partial charge in [-0.2, -0.15) is 0 Å². The Kier molecular flexibility index (Phi) is 4.38. The molecule has 0 unspecified atom stereocenters. The molecule has 0 amide bonds. The first-order valence-electron chi connectivity index (χ1n) is 4.24. The topological polar surface area (TPSA) is 38.7 Å². The summed E-state index contributed by atoms with van der Waals surface area (Å²) in [6.45, 7) is 1.87. The maximum absolute atomic E-state index is 9.46. The number of methoxy groups -OCH3 is 1. The predicted octanol–water partition coefficient (Wildman–Crippen LogP) is 2.49. The van der Waals surface area contributed by atoms with Crippen LogP contribution < -0.4 is 4.74 Å². The highest BCUT2D eigenvalue weighted by Gasteiger charge is 2.09. The second kappa shape index (κ2) is 5.34. The highest BCUT2D eigenvalue weighted by atomic mass is 79.9. The van der Waals surface area contributed by atoms with Gasteiger partial charge in [-0.3, -0.25) is 0 Å². The summed E-state index contributed by atoms with van der Waals surface area (Å²) in [6, 6.07) is 5.49. The Labute approximate surface area is 91.8 Å². The molecule has 4 heteroatoms. The lowest BCUT2D eigenvalue weighted by molar-refractivity contribution is 0.0483. The van der Waals surface area contributed by atoms with Gasteiger partial charge >= 0.3 is 0 Å². The lowest BCUT2D eigenvalue weighted by atomic mass is 10.1. The van der Waals surface area contributed by atoms with Crippen LogP contribution in [-0.2, 0) is 4.74 Å². The van der Waals surface area contributed by atoms with E-state index < -0.39 is 6.10 Å². The summed E-state index contributed by atoms with van der Waals surface area (Å²) in [6.07, 6.45) is -0.546. The molecule has 0 aliphatic rings. The Bertz CT molecular complexity index is 299. The average molecular weight is 261 g/mol. The summed E-state index contributed by atoms with van der Waals surface area (Å²) in [7, 11) is 1.56. The fraction of sp³-hybridized carbons (Fsp3) is 0.400. The van der Waals surface area contributed by atoms with Gasteiger partial charge in [-0.15, -0.1) is 0 Å². The van der Waals surface area contributed by atoms with Gasteiger partial charge in [0, 0.05) is 17.1 Å². The number of rotatable bonds is 4. The molecule has 1 rings (SSSR count). The van der Waals surface area contributed by atoms with Gasteiger partial charge in [0.2, 0.25) is 0 Å². The van der Waals surface area contributed by atoms with Gasteiger partial charge < -0.3 is 14.6 Å². The molecule has 1 N–H and O–H groups in total. The van der Waals surface area contributed by atoms with Crippen molar-refractivity contribution in [2.24, 2.45) is 0 Å². The molecule has 78 valence electrons.